The number of nitrogens with zero attached hydrogens (tertiary/aromatic N) is 2. The summed E-state index contributed by atoms with van der Waals surface area (Å²) in [6.07, 6.45) is 7.23. The number of carbonyl (C=O) groups is 2. The average Bonchev–Trinajstić information content (AvgIpc) is 2.56. The van der Waals surface area contributed by atoms with Gasteiger partial charge in [0.1, 0.15) is 26.2 Å². The average molecular weight is 374 g/mol. The van der Waals surface area contributed by atoms with Crippen LogP contribution in [0.5, 0.6) is 0 Å². The number of hydroxylamine groups is 3. The van der Waals surface area contributed by atoms with Gasteiger partial charge in [-0.25, -0.2) is 14.5 Å². The van der Waals surface area contributed by atoms with Crippen LogP contribution in [0.25, 0.3) is 0 Å². The summed E-state index contributed by atoms with van der Waals surface area (Å²) in [5.74, 6) is 0. The van der Waals surface area contributed by atoms with Crippen LogP contribution in [0, 0.1) is 0 Å². The molecule has 0 aliphatic rings. The molecule has 0 aromatic rings. The van der Waals surface area contributed by atoms with Crippen molar-refractivity contribution >= 4 is 12.2 Å². The predicted molar refractivity (Wildman–Crippen MR) is 105 cm³/mol. The van der Waals surface area contributed by atoms with Crippen LogP contribution in [0.4, 0.5) is 9.59 Å². The second kappa shape index (κ2) is 12.2. The van der Waals surface area contributed by atoms with E-state index in [0.29, 0.717) is 19.5 Å². The van der Waals surface area contributed by atoms with Crippen molar-refractivity contribution in [1.82, 2.24) is 4.90 Å². The molecule has 0 unspecified atom stereocenters. The van der Waals surface area contributed by atoms with Crippen LogP contribution in [0.3, 0.4) is 0 Å². The standard InChI is InChI=1S/C20H41N2O4/c1-8-11-12-13-14-15-16-17-21(18(23)25-20(4,5)9-2)19(24)26-22(6,7)10-3/h8-17H2,1-7H3/q+1. The van der Waals surface area contributed by atoms with Crippen molar-refractivity contribution in [2.75, 3.05) is 27.2 Å². The van der Waals surface area contributed by atoms with Gasteiger partial charge in [0.25, 0.3) is 0 Å². The first-order valence-electron chi connectivity index (χ1n) is 10.2. The monoisotopic (exact) mass is 373 g/mol. The van der Waals surface area contributed by atoms with E-state index >= 15 is 0 Å². The summed E-state index contributed by atoms with van der Waals surface area (Å²) in [5.41, 5.74) is -0.606. The highest BCUT2D eigenvalue weighted by Gasteiger charge is 2.33. The highest BCUT2D eigenvalue weighted by molar-refractivity contribution is 5.87. The Hall–Kier alpha value is -1.30. The Morgan fingerprint density at radius 2 is 1.42 bits per heavy atom. The minimum atomic E-state index is -0.639. The third-order valence-corrected chi connectivity index (χ3v) is 4.73. The molecule has 0 spiro atoms. The number of unbranched alkanes of at least 4 members (excludes halogenated alkanes) is 6. The summed E-state index contributed by atoms with van der Waals surface area (Å²) in [4.78, 5) is 31.6. The van der Waals surface area contributed by atoms with Crippen molar-refractivity contribution in [3.63, 3.8) is 0 Å². The lowest BCUT2D eigenvalue weighted by Gasteiger charge is -2.30. The van der Waals surface area contributed by atoms with Gasteiger partial charge in [-0.05, 0) is 33.6 Å². The van der Waals surface area contributed by atoms with Gasteiger partial charge in [0.15, 0.2) is 0 Å². The number of ether oxygens (including phenoxy) is 1. The Morgan fingerprint density at radius 3 is 1.92 bits per heavy atom. The molecule has 0 bridgehead atoms. The van der Waals surface area contributed by atoms with E-state index in [9.17, 15) is 9.59 Å². The molecule has 6 nitrogen and oxygen atoms in total. The van der Waals surface area contributed by atoms with E-state index in [4.69, 9.17) is 9.57 Å². The van der Waals surface area contributed by atoms with E-state index in [-0.39, 0.29) is 4.65 Å². The third kappa shape index (κ3) is 10.6. The maximum absolute atomic E-state index is 12.5. The Balaban J connectivity index is 4.73. The van der Waals surface area contributed by atoms with Crippen LogP contribution < -0.4 is 0 Å². The molecule has 0 atom stereocenters. The van der Waals surface area contributed by atoms with Crippen LogP contribution in [0.15, 0.2) is 0 Å². The normalized spacial score (nSPS) is 12.0. The van der Waals surface area contributed by atoms with Crippen LogP contribution in [0.1, 0.15) is 86.0 Å². The highest BCUT2D eigenvalue weighted by atomic mass is 16.8. The fourth-order valence-electron chi connectivity index (χ4n) is 2.17. The van der Waals surface area contributed by atoms with Gasteiger partial charge in [-0.3, -0.25) is 4.84 Å². The van der Waals surface area contributed by atoms with Gasteiger partial charge < -0.3 is 4.74 Å². The maximum atomic E-state index is 12.5. The zero-order chi connectivity index (χ0) is 20.2. The van der Waals surface area contributed by atoms with Crippen LogP contribution in [-0.4, -0.2) is 54.5 Å². The van der Waals surface area contributed by atoms with Crippen LogP contribution >= 0.6 is 0 Å². The molecule has 26 heavy (non-hydrogen) atoms. The summed E-state index contributed by atoms with van der Waals surface area (Å²) in [7, 11) is 3.57. The molecular formula is C20H41N2O4+. The van der Waals surface area contributed by atoms with Gasteiger partial charge in [-0.2, -0.15) is 0 Å². The molecule has 0 fully saturated rings. The molecule has 0 radical (unpaired) electrons. The minimum Gasteiger partial charge on any atom is -0.443 e. The van der Waals surface area contributed by atoms with E-state index in [1.54, 1.807) is 14.1 Å². The lowest BCUT2D eigenvalue weighted by molar-refractivity contribution is -1.06. The third-order valence-electron chi connectivity index (χ3n) is 4.73. The van der Waals surface area contributed by atoms with Crippen molar-refractivity contribution in [2.45, 2.75) is 91.6 Å². The van der Waals surface area contributed by atoms with E-state index < -0.39 is 17.8 Å². The second-order valence-electron chi connectivity index (χ2n) is 8.00. The lowest BCUT2D eigenvalue weighted by atomic mass is 10.1. The summed E-state index contributed by atoms with van der Waals surface area (Å²) in [6.45, 7) is 10.7. The predicted octanol–water partition coefficient (Wildman–Crippen LogP) is 5.51. The topological polar surface area (TPSA) is 55.8 Å². The molecule has 0 aliphatic carbocycles. The summed E-state index contributed by atoms with van der Waals surface area (Å²) in [5, 5.41) is 0. The number of rotatable bonds is 12. The smallest absolute Gasteiger partial charge is 0.443 e. The SMILES string of the molecule is CCCCCCCCCN(C(=O)OC(C)(C)CC)C(=O)O[N+](C)(C)CC. The van der Waals surface area contributed by atoms with Crippen molar-refractivity contribution < 1.29 is 23.8 Å². The van der Waals surface area contributed by atoms with Gasteiger partial charge in [0.2, 0.25) is 0 Å². The molecular weight excluding hydrogens is 332 g/mol. The molecule has 2 amide bonds. The Bertz CT molecular complexity index is 392. The van der Waals surface area contributed by atoms with Gasteiger partial charge in [-0.1, -0.05) is 52.4 Å². The first kappa shape index (κ1) is 24.7. The number of amides is 2. The minimum absolute atomic E-state index is 0.0663. The summed E-state index contributed by atoms with van der Waals surface area (Å²) in [6, 6.07) is 0. The van der Waals surface area contributed by atoms with Crippen LogP contribution in [-0.2, 0) is 9.57 Å². The first-order valence-corrected chi connectivity index (χ1v) is 10.2. The highest BCUT2D eigenvalue weighted by Crippen LogP contribution is 2.17. The van der Waals surface area contributed by atoms with E-state index in [1.165, 1.54) is 25.7 Å². The Labute approximate surface area is 160 Å². The Kier molecular flexibility index (Phi) is 11.5. The van der Waals surface area contributed by atoms with Gasteiger partial charge in [0.05, 0.1) is 0 Å². The second-order valence-corrected chi connectivity index (χ2v) is 8.00. The maximum Gasteiger partial charge on any atom is 0.473 e. The summed E-state index contributed by atoms with van der Waals surface area (Å²) < 4.78 is 5.57. The fraction of sp³-hybridized carbons (Fsp3) is 0.900. The Morgan fingerprint density at radius 1 is 0.885 bits per heavy atom. The lowest BCUT2D eigenvalue weighted by Crippen LogP contribution is -2.49. The molecule has 0 saturated heterocycles. The van der Waals surface area contributed by atoms with Crippen molar-refractivity contribution in [1.29, 1.82) is 0 Å². The van der Waals surface area contributed by atoms with Crippen molar-refractivity contribution in [3.8, 4) is 0 Å². The number of carbonyl (C=O) groups excluding carboxylic acids is 2. The molecule has 6 heteroatoms. The van der Waals surface area contributed by atoms with E-state index in [2.05, 4.69) is 6.92 Å². The molecule has 0 saturated carbocycles. The van der Waals surface area contributed by atoms with E-state index in [1.807, 2.05) is 27.7 Å². The molecule has 0 N–H and O–H groups in total. The molecule has 154 valence electrons. The number of hydrogen-bond donors (Lipinski definition) is 0. The number of imide groups is 1. The number of quaternary nitrogens is 1. The fourth-order valence-corrected chi connectivity index (χ4v) is 2.17. The number of hydrogen-bond acceptors (Lipinski definition) is 4. The first-order chi connectivity index (χ1) is 12.1. The van der Waals surface area contributed by atoms with Crippen LogP contribution in [0.2, 0.25) is 0 Å². The van der Waals surface area contributed by atoms with Gasteiger partial charge in [0, 0.05) is 6.54 Å². The molecule has 0 aromatic carbocycles. The molecule has 0 rings (SSSR count). The zero-order valence-electron chi connectivity index (χ0n) is 18.1. The van der Waals surface area contributed by atoms with Crippen molar-refractivity contribution in [3.05, 3.63) is 0 Å². The van der Waals surface area contributed by atoms with Gasteiger partial charge >= 0.3 is 12.2 Å². The summed E-state index contributed by atoms with van der Waals surface area (Å²) >= 11 is 0. The largest absolute Gasteiger partial charge is 0.473 e. The molecule has 0 heterocycles. The zero-order valence-corrected chi connectivity index (χ0v) is 18.1. The van der Waals surface area contributed by atoms with Gasteiger partial charge in [-0.15, -0.1) is 4.65 Å². The molecule has 0 aromatic heterocycles. The molecule has 0 aliphatic heterocycles. The van der Waals surface area contributed by atoms with E-state index in [0.717, 1.165) is 24.2 Å². The quantitative estimate of drug-likeness (QED) is 0.257. The van der Waals surface area contributed by atoms with Crippen molar-refractivity contribution in [2.24, 2.45) is 0 Å².